The average molecular weight is 1070 g/mol. The van der Waals surface area contributed by atoms with Gasteiger partial charge in [0.25, 0.3) is 0 Å². The van der Waals surface area contributed by atoms with E-state index in [0.717, 1.165) is 68.0 Å². The molecule has 1 aliphatic heterocycles. The Morgan fingerprint density at radius 2 is 1.32 bits per heavy atom. The molecule has 0 saturated carbocycles. The third-order valence-corrected chi connectivity index (χ3v) is 14.4. The van der Waals surface area contributed by atoms with Gasteiger partial charge < -0.3 is 39.9 Å². The summed E-state index contributed by atoms with van der Waals surface area (Å²) in [4.78, 5) is 73.7. The Balaban J connectivity index is 1.82. The molecule has 73 heavy (non-hydrogen) atoms. The zero-order valence-electron chi connectivity index (χ0n) is 43.6. The smallest absolute Gasteiger partial charge is 0.462 e. The largest absolute Gasteiger partial charge is 0.481 e. The molecule has 19 nitrogen and oxygen atoms in total. The maximum absolute atomic E-state index is 12.9. The van der Waals surface area contributed by atoms with Gasteiger partial charge in [-0.25, -0.2) is 13.9 Å². The summed E-state index contributed by atoms with van der Waals surface area (Å²) in [5.41, 5.74) is 4.58. The number of aromatic nitrogens is 2. The highest BCUT2D eigenvalue weighted by molar-refractivity contribution is 7.61. The highest BCUT2D eigenvalue weighted by Crippen LogP contribution is 2.60. The van der Waals surface area contributed by atoms with E-state index in [2.05, 4.69) is 30.1 Å². The van der Waals surface area contributed by atoms with Crippen molar-refractivity contribution in [1.29, 1.82) is 0 Å². The second-order valence-corrected chi connectivity index (χ2v) is 21.9. The van der Waals surface area contributed by atoms with Crippen molar-refractivity contribution in [2.75, 3.05) is 25.6 Å². The number of nitrogens with zero attached hydrogens (tertiary/aromatic N) is 2. The number of carbonyl (C=O) groups excluding carboxylic acids is 3. The average Bonchev–Trinajstić information content (AvgIpc) is 3.61. The predicted octanol–water partition coefficient (Wildman–Crippen LogP) is 10.4. The van der Waals surface area contributed by atoms with Gasteiger partial charge in [-0.05, 0) is 56.6 Å². The maximum Gasteiger partial charge on any atom is 0.481 e. The number of phosphoric acid groups is 2. The van der Waals surface area contributed by atoms with Crippen LogP contribution in [0, 0.1) is 5.92 Å². The first-order valence-electron chi connectivity index (χ1n) is 26.5. The first kappa shape index (κ1) is 65.5. The molecule has 0 radical (unpaired) electrons. The Hall–Kier alpha value is -3.61. The summed E-state index contributed by atoms with van der Waals surface area (Å²) in [6.07, 6.45) is 31.8. The van der Waals surface area contributed by atoms with E-state index in [4.69, 9.17) is 29.0 Å². The van der Waals surface area contributed by atoms with Crippen molar-refractivity contribution >= 4 is 39.2 Å². The molecule has 1 fully saturated rings. The SMILES string of the molecule is CCCCCC(=O)/C=C/C=C\C/C=C\C/C=C\CCCC(=O)OC[C@H](COP(=O)(O)OP(=O)(O)OC[C@H]1O[C@@H](n2ccc(N)nc2=O)[C@H](O)[C@@H]1O)OC(=O)CCCCCCCCCCCCCCCCC(C)C. The van der Waals surface area contributed by atoms with Crippen LogP contribution in [0.2, 0.25) is 0 Å². The number of phosphoric ester groups is 2. The van der Waals surface area contributed by atoms with Gasteiger partial charge in [-0.2, -0.15) is 9.29 Å². The van der Waals surface area contributed by atoms with Crippen LogP contribution in [0.1, 0.15) is 188 Å². The van der Waals surface area contributed by atoms with E-state index in [-0.39, 0.29) is 24.4 Å². The number of allylic oxidation sites excluding steroid dienone is 8. The predicted molar refractivity (Wildman–Crippen MR) is 280 cm³/mol. The molecule has 1 aliphatic rings. The number of hydrogen-bond donors (Lipinski definition) is 5. The Morgan fingerprint density at radius 3 is 1.95 bits per heavy atom. The molecule has 2 unspecified atom stereocenters. The molecule has 21 heteroatoms. The first-order valence-corrected chi connectivity index (χ1v) is 29.5. The second kappa shape index (κ2) is 38.9. The molecule has 1 saturated heterocycles. The minimum Gasteiger partial charge on any atom is -0.462 e. The third-order valence-electron chi connectivity index (χ3n) is 11.8. The lowest BCUT2D eigenvalue weighted by Gasteiger charge is -2.21. The van der Waals surface area contributed by atoms with Crippen LogP contribution in [0.5, 0.6) is 0 Å². The van der Waals surface area contributed by atoms with E-state index in [1.165, 1.54) is 70.3 Å². The fraction of sp³-hybridized carbons (Fsp3) is 0.712. The van der Waals surface area contributed by atoms with Crippen LogP contribution >= 0.6 is 15.6 Å². The van der Waals surface area contributed by atoms with E-state index in [0.29, 0.717) is 32.1 Å². The lowest BCUT2D eigenvalue weighted by Crippen LogP contribution is -2.36. The minimum atomic E-state index is -5.45. The highest BCUT2D eigenvalue weighted by Gasteiger charge is 2.46. The molecule has 7 atom stereocenters. The van der Waals surface area contributed by atoms with E-state index in [9.17, 15) is 48.3 Å². The van der Waals surface area contributed by atoms with Crippen molar-refractivity contribution < 1.29 is 71.1 Å². The normalized spacial score (nSPS) is 19.3. The van der Waals surface area contributed by atoms with Gasteiger partial charge in [-0.1, -0.05) is 166 Å². The molecule has 0 bridgehead atoms. The molecule has 416 valence electrons. The van der Waals surface area contributed by atoms with Crippen LogP contribution in [-0.4, -0.2) is 91.5 Å². The van der Waals surface area contributed by atoms with Crippen molar-refractivity contribution in [3.8, 4) is 0 Å². The van der Waals surface area contributed by atoms with E-state index in [1.807, 2.05) is 36.5 Å². The molecule has 0 aromatic carbocycles. The van der Waals surface area contributed by atoms with Crippen LogP contribution in [0.25, 0.3) is 0 Å². The fourth-order valence-electron chi connectivity index (χ4n) is 7.68. The Bertz CT molecular complexity index is 1990. The van der Waals surface area contributed by atoms with Crippen molar-refractivity contribution in [3.63, 3.8) is 0 Å². The Kier molecular flexibility index (Phi) is 34.9. The van der Waals surface area contributed by atoms with Crippen molar-refractivity contribution in [2.24, 2.45) is 5.92 Å². The van der Waals surface area contributed by atoms with Crippen molar-refractivity contribution in [2.45, 2.75) is 212 Å². The van der Waals surface area contributed by atoms with Crippen molar-refractivity contribution in [3.05, 3.63) is 71.4 Å². The van der Waals surface area contributed by atoms with Crippen LogP contribution in [-0.2, 0) is 51.1 Å². The monoisotopic (exact) mass is 1070 g/mol. The molecular weight excluding hydrogens is 985 g/mol. The molecule has 2 heterocycles. The minimum absolute atomic E-state index is 0.0250. The topological polar surface area (TPSA) is 283 Å². The summed E-state index contributed by atoms with van der Waals surface area (Å²) in [5, 5.41) is 20.9. The number of nitrogens with two attached hydrogens (primary N) is 1. The maximum atomic E-state index is 12.9. The van der Waals surface area contributed by atoms with Gasteiger partial charge in [0.05, 0.1) is 13.2 Å². The molecule has 6 N–H and O–H groups in total. The van der Waals surface area contributed by atoms with Crippen LogP contribution in [0.4, 0.5) is 5.82 Å². The van der Waals surface area contributed by atoms with Gasteiger partial charge in [-0.15, -0.1) is 0 Å². The summed E-state index contributed by atoms with van der Waals surface area (Å²) in [5.74, 6) is -0.480. The summed E-state index contributed by atoms with van der Waals surface area (Å²) in [6, 6.07) is 1.24. The van der Waals surface area contributed by atoms with Crippen molar-refractivity contribution in [1.82, 2.24) is 9.55 Å². The molecule has 0 amide bonds. The number of carbonyl (C=O) groups is 3. The second-order valence-electron chi connectivity index (χ2n) is 18.9. The Morgan fingerprint density at radius 1 is 0.740 bits per heavy atom. The summed E-state index contributed by atoms with van der Waals surface area (Å²) >= 11 is 0. The van der Waals surface area contributed by atoms with Gasteiger partial charge in [0, 0.05) is 25.5 Å². The number of aliphatic hydroxyl groups is 2. The van der Waals surface area contributed by atoms with Gasteiger partial charge >= 0.3 is 33.3 Å². The molecule has 0 aliphatic carbocycles. The van der Waals surface area contributed by atoms with E-state index in [1.54, 1.807) is 12.2 Å². The van der Waals surface area contributed by atoms with Gasteiger partial charge in [0.2, 0.25) is 0 Å². The van der Waals surface area contributed by atoms with Crippen LogP contribution in [0.3, 0.4) is 0 Å². The molecule has 1 aromatic heterocycles. The Labute approximate surface area is 433 Å². The fourth-order valence-corrected chi connectivity index (χ4v) is 9.79. The zero-order chi connectivity index (χ0) is 53.7. The lowest BCUT2D eigenvalue weighted by atomic mass is 10.0. The number of hydrogen-bond acceptors (Lipinski definition) is 16. The zero-order valence-corrected chi connectivity index (χ0v) is 45.4. The van der Waals surface area contributed by atoms with E-state index < -0.39 is 83.7 Å². The number of unbranched alkanes of at least 4 members (excludes halogenated alkanes) is 16. The highest BCUT2D eigenvalue weighted by atomic mass is 31.3. The third kappa shape index (κ3) is 32.4. The molecule has 0 spiro atoms. The quantitative estimate of drug-likeness (QED) is 0.0101. The van der Waals surface area contributed by atoms with Crippen LogP contribution in [0.15, 0.2) is 65.7 Å². The summed E-state index contributed by atoms with van der Waals surface area (Å²) < 4.78 is 56.7. The van der Waals surface area contributed by atoms with Gasteiger partial charge in [0.15, 0.2) is 18.1 Å². The van der Waals surface area contributed by atoms with E-state index >= 15 is 0 Å². The number of esters is 2. The molecule has 1 aromatic rings. The number of rotatable bonds is 43. The van der Waals surface area contributed by atoms with Crippen LogP contribution < -0.4 is 11.4 Å². The number of nitrogen functional groups attached to an aromatic ring is 1. The van der Waals surface area contributed by atoms with Gasteiger partial charge in [-0.3, -0.25) is 28.0 Å². The molecular formula is C52H87N3O16P2. The van der Waals surface area contributed by atoms with Gasteiger partial charge in [0.1, 0.15) is 30.7 Å². The number of anilines is 1. The number of aliphatic hydroxyl groups excluding tert-OH is 2. The number of ether oxygens (including phenoxy) is 3. The number of ketones is 1. The summed E-state index contributed by atoms with van der Waals surface area (Å²) in [6.45, 7) is 4.26. The lowest BCUT2D eigenvalue weighted by molar-refractivity contribution is -0.161. The first-order chi connectivity index (χ1) is 34.9. The summed E-state index contributed by atoms with van der Waals surface area (Å²) in [7, 11) is -10.9. The standard InChI is InChI=1S/C52H87N3O16P2/c1-4-5-27-33-43(56)34-29-24-20-16-12-10-14-17-21-25-30-35-47(57)66-39-44(69-48(58)36-31-26-22-18-13-9-7-6-8-11-15-19-23-28-32-42(2)3)40-67-72(62,63)71-73(64,65)68-41-45-49(59)50(60)51(70-45)55-38-37-46(53)54-52(55)61/h10,12,17,20-21,24,29,34,37-38,42,44-45,49-51,59-60H,4-9,11,13-16,18-19,22-23,25-28,30-33,35-36,39-41H2,1-3H3,(H,62,63)(H,64,65)(H2,53,54,61)/b12-10-,21-17-,24-20-,34-29+/t44-,45-,49-,50-,51-/m1/s1. The molecule has 2 rings (SSSR count).